The Hall–Kier alpha value is -1.46. The molecule has 0 unspecified atom stereocenters. The van der Waals surface area contributed by atoms with Gasteiger partial charge in [-0.3, -0.25) is 0 Å². The normalized spacial score (nSPS) is 24.4. The van der Waals surface area contributed by atoms with Gasteiger partial charge in [0.2, 0.25) is 0 Å². The molecule has 1 aliphatic rings. The van der Waals surface area contributed by atoms with Gasteiger partial charge in [-0.05, 0) is 24.3 Å². The number of carbonyl (C=O) groups excluding carboxylic acids is 1. The monoisotopic (exact) mass is 226 g/mol. The fraction of sp³-hybridized carbons (Fsp3) is 0.364. The van der Waals surface area contributed by atoms with Crippen molar-refractivity contribution in [1.82, 2.24) is 0 Å². The van der Waals surface area contributed by atoms with Crippen LogP contribution in [0, 0.1) is 5.82 Å². The van der Waals surface area contributed by atoms with E-state index in [1.807, 2.05) is 0 Å². The lowest BCUT2D eigenvalue weighted by atomic mass is 10.2. The molecule has 4 nitrogen and oxygen atoms in total. The summed E-state index contributed by atoms with van der Waals surface area (Å²) in [5.41, 5.74) is 0.250. The van der Waals surface area contributed by atoms with Crippen molar-refractivity contribution in [1.29, 1.82) is 0 Å². The fourth-order valence-electron chi connectivity index (χ4n) is 1.43. The molecule has 1 aliphatic heterocycles. The standard InChI is InChI=1S/C11H11FO4/c12-8-3-1-7(2-4-8)11(14)16-10-6-15-5-9(10)13/h1-4,9-10,13H,5-6H2/t9-,10+/m1/s1. The number of benzene rings is 1. The van der Waals surface area contributed by atoms with Crippen molar-refractivity contribution in [3.8, 4) is 0 Å². The van der Waals surface area contributed by atoms with Gasteiger partial charge in [-0.15, -0.1) is 0 Å². The zero-order valence-corrected chi connectivity index (χ0v) is 8.43. The van der Waals surface area contributed by atoms with Crippen LogP contribution in [-0.2, 0) is 9.47 Å². The highest BCUT2D eigenvalue weighted by Gasteiger charge is 2.29. The minimum Gasteiger partial charge on any atom is -0.453 e. The van der Waals surface area contributed by atoms with Crippen molar-refractivity contribution in [2.75, 3.05) is 13.2 Å². The Labute approximate surface area is 91.6 Å². The van der Waals surface area contributed by atoms with Crippen LogP contribution in [0.4, 0.5) is 4.39 Å². The second-order valence-electron chi connectivity index (χ2n) is 3.56. The zero-order chi connectivity index (χ0) is 11.5. The highest BCUT2D eigenvalue weighted by atomic mass is 19.1. The summed E-state index contributed by atoms with van der Waals surface area (Å²) in [7, 11) is 0. The lowest BCUT2D eigenvalue weighted by Gasteiger charge is -2.13. The topological polar surface area (TPSA) is 55.8 Å². The molecule has 86 valence electrons. The molecule has 1 aromatic carbocycles. The largest absolute Gasteiger partial charge is 0.453 e. The summed E-state index contributed by atoms with van der Waals surface area (Å²) in [4.78, 5) is 11.5. The Bertz CT molecular complexity index is 376. The Kier molecular flexibility index (Phi) is 3.17. The lowest BCUT2D eigenvalue weighted by Crippen LogP contribution is -2.29. The SMILES string of the molecule is O=C(O[C@H]1COC[C@H]1O)c1ccc(F)cc1. The summed E-state index contributed by atoms with van der Waals surface area (Å²) in [5.74, 6) is -1.00. The molecule has 1 aromatic rings. The number of ether oxygens (including phenoxy) is 2. The van der Waals surface area contributed by atoms with E-state index in [-0.39, 0.29) is 18.8 Å². The Balaban J connectivity index is 2.00. The number of aliphatic hydroxyl groups is 1. The van der Waals surface area contributed by atoms with Crippen LogP contribution < -0.4 is 0 Å². The van der Waals surface area contributed by atoms with Gasteiger partial charge in [0, 0.05) is 0 Å². The second-order valence-corrected chi connectivity index (χ2v) is 3.56. The van der Waals surface area contributed by atoms with Crippen LogP contribution in [0.3, 0.4) is 0 Å². The molecular weight excluding hydrogens is 215 g/mol. The number of esters is 1. The second kappa shape index (κ2) is 4.59. The number of carbonyl (C=O) groups is 1. The highest BCUT2D eigenvalue weighted by Crippen LogP contribution is 2.13. The van der Waals surface area contributed by atoms with Gasteiger partial charge >= 0.3 is 5.97 Å². The van der Waals surface area contributed by atoms with Crippen LogP contribution in [0.15, 0.2) is 24.3 Å². The van der Waals surface area contributed by atoms with E-state index < -0.39 is 24.0 Å². The maximum Gasteiger partial charge on any atom is 0.338 e. The molecule has 0 aromatic heterocycles. The van der Waals surface area contributed by atoms with E-state index in [0.29, 0.717) is 0 Å². The van der Waals surface area contributed by atoms with Crippen LogP contribution >= 0.6 is 0 Å². The minimum atomic E-state index is -0.788. The quantitative estimate of drug-likeness (QED) is 0.756. The number of rotatable bonds is 2. The lowest BCUT2D eigenvalue weighted by molar-refractivity contribution is 0.00114. The van der Waals surface area contributed by atoms with Gasteiger partial charge in [0.15, 0.2) is 6.10 Å². The predicted molar refractivity (Wildman–Crippen MR) is 52.4 cm³/mol. The molecule has 2 atom stereocenters. The Morgan fingerprint density at radius 1 is 1.38 bits per heavy atom. The smallest absolute Gasteiger partial charge is 0.338 e. The molecule has 1 fully saturated rings. The Morgan fingerprint density at radius 3 is 2.62 bits per heavy atom. The van der Waals surface area contributed by atoms with Gasteiger partial charge in [-0.2, -0.15) is 0 Å². The number of aliphatic hydroxyl groups excluding tert-OH is 1. The molecule has 16 heavy (non-hydrogen) atoms. The van der Waals surface area contributed by atoms with Crippen LogP contribution in [0.2, 0.25) is 0 Å². The molecule has 0 bridgehead atoms. The molecule has 0 saturated carbocycles. The van der Waals surface area contributed by atoms with E-state index >= 15 is 0 Å². The molecular formula is C11H11FO4. The molecule has 5 heteroatoms. The van der Waals surface area contributed by atoms with Gasteiger partial charge in [0.05, 0.1) is 18.8 Å². The average Bonchev–Trinajstić information content (AvgIpc) is 2.65. The van der Waals surface area contributed by atoms with Crippen molar-refractivity contribution in [3.63, 3.8) is 0 Å². The van der Waals surface area contributed by atoms with Gasteiger partial charge in [-0.1, -0.05) is 0 Å². The van der Waals surface area contributed by atoms with Gasteiger partial charge in [-0.25, -0.2) is 9.18 Å². The molecule has 0 aliphatic carbocycles. The summed E-state index contributed by atoms with van der Waals surface area (Å²) in [5, 5.41) is 9.37. The van der Waals surface area contributed by atoms with E-state index in [1.165, 1.54) is 24.3 Å². The van der Waals surface area contributed by atoms with Crippen molar-refractivity contribution in [2.24, 2.45) is 0 Å². The third-order valence-corrected chi connectivity index (χ3v) is 2.34. The fourth-order valence-corrected chi connectivity index (χ4v) is 1.43. The first-order chi connectivity index (χ1) is 7.66. The summed E-state index contributed by atoms with van der Waals surface area (Å²) in [6.45, 7) is 0.357. The summed E-state index contributed by atoms with van der Waals surface area (Å²) in [6, 6.07) is 5.02. The maximum atomic E-state index is 12.6. The molecule has 1 heterocycles. The number of hydrogen-bond donors (Lipinski definition) is 1. The van der Waals surface area contributed by atoms with Crippen molar-refractivity contribution in [2.45, 2.75) is 12.2 Å². The summed E-state index contributed by atoms with van der Waals surface area (Å²) in [6.07, 6.45) is -1.43. The molecule has 2 rings (SSSR count). The third kappa shape index (κ3) is 2.37. The molecule has 0 radical (unpaired) electrons. The van der Waals surface area contributed by atoms with Crippen molar-refractivity contribution in [3.05, 3.63) is 35.6 Å². The van der Waals surface area contributed by atoms with Crippen LogP contribution in [0.5, 0.6) is 0 Å². The predicted octanol–water partition coefficient (Wildman–Crippen LogP) is 0.742. The summed E-state index contributed by atoms with van der Waals surface area (Å²) < 4.78 is 22.6. The first kappa shape index (κ1) is 11.0. The van der Waals surface area contributed by atoms with E-state index in [0.717, 1.165) is 0 Å². The summed E-state index contributed by atoms with van der Waals surface area (Å²) >= 11 is 0. The number of halogens is 1. The third-order valence-electron chi connectivity index (χ3n) is 2.34. The first-order valence-corrected chi connectivity index (χ1v) is 4.89. The van der Waals surface area contributed by atoms with Crippen LogP contribution in [-0.4, -0.2) is 36.5 Å². The van der Waals surface area contributed by atoms with Crippen LogP contribution in [0.1, 0.15) is 10.4 Å². The molecule has 0 spiro atoms. The van der Waals surface area contributed by atoms with Crippen LogP contribution in [0.25, 0.3) is 0 Å². The van der Waals surface area contributed by atoms with Gasteiger partial charge < -0.3 is 14.6 Å². The molecule has 1 N–H and O–H groups in total. The van der Waals surface area contributed by atoms with Crippen molar-refractivity contribution < 1.29 is 23.8 Å². The molecule has 1 saturated heterocycles. The average molecular weight is 226 g/mol. The number of hydrogen-bond acceptors (Lipinski definition) is 4. The first-order valence-electron chi connectivity index (χ1n) is 4.89. The maximum absolute atomic E-state index is 12.6. The van der Waals surface area contributed by atoms with Crippen molar-refractivity contribution >= 4 is 5.97 Å². The van der Waals surface area contributed by atoms with Gasteiger partial charge in [0.1, 0.15) is 11.9 Å². The van der Waals surface area contributed by atoms with E-state index in [1.54, 1.807) is 0 Å². The van der Waals surface area contributed by atoms with E-state index in [4.69, 9.17) is 9.47 Å². The van der Waals surface area contributed by atoms with E-state index in [2.05, 4.69) is 0 Å². The minimum absolute atomic E-state index is 0.168. The molecule has 0 amide bonds. The zero-order valence-electron chi connectivity index (χ0n) is 8.43. The van der Waals surface area contributed by atoms with E-state index in [9.17, 15) is 14.3 Å². The van der Waals surface area contributed by atoms with Gasteiger partial charge in [0.25, 0.3) is 0 Å². The Morgan fingerprint density at radius 2 is 2.06 bits per heavy atom. The highest BCUT2D eigenvalue weighted by molar-refractivity contribution is 5.89.